The maximum atomic E-state index is 12.9. The number of piperazine rings is 1. The molecule has 0 saturated carbocycles. The molecule has 3 heterocycles. The first-order valence-electron chi connectivity index (χ1n) is 11.7. The molecule has 2 fully saturated rings. The Bertz CT molecular complexity index is 1350. The molecule has 11 heteroatoms. The zero-order chi connectivity index (χ0) is 25.3. The number of rotatable bonds is 6. The molecule has 3 aromatic rings. The van der Waals surface area contributed by atoms with Crippen molar-refractivity contribution >= 4 is 38.9 Å². The maximum Gasteiger partial charge on any atom is 0.282 e. The third-order valence-corrected chi connectivity index (χ3v) is 8.95. The molecule has 1 atom stereocenters. The van der Waals surface area contributed by atoms with Crippen molar-refractivity contribution in [2.24, 2.45) is 0 Å². The molecule has 2 aliphatic rings. The van der Waals surface area contributed by atoms with Crippen molar-refractivity contribution in [3.63, 3.8) is 0 Å². The van der Waals surface area contributed by atoms with Crippen LogP contribution in [0.15, 0.2) is 65.0 Å². The molecule has 2 aliphatic heterocycles. The second-order valence-corrected chi connectivity index (χ2v) is 11.6. The lowest BCUT2D eigenvalue weighted by molar-refractivity contribution is -0.117. The van der Waals surface area contributed by atoms with Crippen molar-refractivity contribution in [1.29, 1.82) is 0 Å². The Morgan fingerprint density at radius 2 is 1.81 bits per heavy atom. The summed E-state index contributed by atoms with van der Waals surface area (Å²) in [5.74, 6) is 0.0519. The highest BCUT2D eigenvalue weighted by Crippen LogP contribution is 2.30. The van der Waals surface area contributed by atoms with E-state index in [9.17, 15) is 18.0 Å². The first-order chi connectivity index (χ1) is 17.4. The van der Waals surface area contributed by atoms with Crippen LogP contribution in [-0.2, 0) is 14.8 Å². The monoisotopic (exact) mass is 525 g/mol. The van der Waals surface area contributed by atoms with Crippen molar-refractivity contribution in [2.45, 2.75) is 17.4 Å². The number of carbonyl (C=O) groups is 2. The molecule has 2 amide bonds. The molecule has 2 saturated heterocycles. The van der Waals surface area contributed by atoms with Gasteiger partial charge in [-0.05, 0) is 42.4 Å². The predicted molar refractivity (Wildman–Crippen MR) is 138 cm³/mol. The SMILES string of the molecule is CNS(=O)(=O)c1ccc(-c2cccc(N3CC(N4CCN(C(=O)c5nccs5)CC4)CC3=O)c2)cc1. The number of benzene rings is 2. The summed E-state index contributed by atoms with van der Waals surface area (Å²) in [6, 6.07) is 14.5. The van der Waals surface area contributed by atoms with Crippen LogP contribution < -0.4 is 9.62 Å². The van der Waals surface area contributed by atoms with Crippen LogP contribution in [0.3, 0.4) is 0 Å². The molecule has 1 N–H and O–H groups in total. The van der Waals surface area contributed by atoms with Gasteiger partial charge in [-0.1, -0.05) is 24.3 Å². The minimum atomic E-state index is -3.49. The average molecular weight is 526 g/mol. The molecular weight excluding hydrogens is 498 g/mol. The molecule has 0 aliphatic carbocycles. The largest absolute Gasteiger partial charge is 0.334 e. The standard InChI is InChI=1S/C25H27N5O4S2/c1-26-36(33,34)22-7-5-18(6-8-22)19-3-2-4-20(15-19)30-17-21(16-23(30)31)28-10-12-29(13-11-28)25(32)24-27-9-14-35-24/h2-9,14-15,21,26H,10-13,16-17H2,1H3. The number of hydrogen-bond acceptors (Lipinski definition) is 7. The molecule has 36 heavy (non-hydrogen) atoms. The predicted octanol–water partition coefficient (Wildman–Crippen LogP) is 2.28. The minimum absolute atomic E-state index is 0.0258. The summed E-state index contributed by atoms with van der Waals surface area (Å²) in [5, 5.41) is 2.32. The topological polar surface area (TPSA) is 103 Å². The number of anilines is 1. The van der Waals surface area contributed by atoms with Crippen LogP contribution in [-0.4, -0.2) is 80.8 Å². The van der Waals surface area contributed by atoms with E-state index >= 15 is 0 Å². The molecule has 188 valence electrons. The Labute approximate surface area is 214 Å². The quantitative estimate of drug-likeness (QED) is 0.530. The van der Waals surface area contributed by atoms with Crippen LogP contribution in [0.5, 0.6) is 0 Å². The third kappa shape index (κ3) is 4.92. The van der Waals surface area contributed by atoms with Gasteiger partial charge in [-0.25, -0.2) is 18.1 Å². The van der Waals surface area contributed by atoms with Crippen molar-refractivity contribution in [3.8, 4) is 11.1 Å². The summed E-state index contributed by atoms with van der Waals surface area (Å²) in [6.45, 7) is 3.30. The van der Waals surface area contributed by atoms with E-state index in [2.05, 4.69) is 14.6 Å². The zero-order valence-electron chi connectivity index (χ0n) is 19.8. The number of hydrogen-bond donors (Lipinski definition) is 1. The van der Waals surface area contributed by atoms with Gasteiger partial charge in [0.25, 0.3) is 5.91 Å². The number of nitrogens with one attached hydrogen (secondary N) is 1. The highest BCUT2D eigenvalue weighted by Gasteiger charge is 2.36. The fourth-order valence-corrected chi connectivity index (χ4v) is 6.07. The molecule has 2 aromatic carbocycles. The average Bonchev–Trinajstić information content (AvgIpc) is 3.59. The molecule has 1 unspecified atom stereocenters. The third-order valence-electron chi connectivity index (χ3n) is 6.76. The van der Waals surface area contributed by atoms with Gasteiger partial charge in [0, 0.05) is 62.5 Å². The van der Waals surface area contributed by atoms with E-state index in [-0.39, 0.29) is 22.8 Å². The van der Waals surface area contributed by atoms with Gasteiger partial charge in [-0.3, -0.25) is 14.5 Å². The van der Waals surface area contributed by atoms with Gasteiger partial charge in [-0.15, -0.1) is 11.3 Å². The van der Waals surface area contributed by atoms with Crippen molar-refractivity contribution in [1.82, 2.24) is 19.5 Å². The van der Waals surface area contributed by atoms with Crippen LogP contribution in [0.2, 0.25) is 0 Å². The van der Waals surface area contributed by atoms with Gasteiger partial charge in [0.15, 0.2) is 5.01 Å². The van der Waals surface area contributed by atoms with Gasteiger partial charge >= 0.3 is 0 Å². The van der Waals surface area contributed by atoms with Crippen LogP contribution >= 0.6 is 11.3 Å². The molecule has 0 radical (unpaired) electrons. The van der Waals surface area contributed by atoms with Crippen molar-refractivity contribution < 1.29 is 18.0 Å². The number of aromatic nitrogens is 1. The van der Waals surface area contributed by atoms with E-state index < -0.39 is 10.0 Å². The van der Waals surface area contributed by atoms with E-state index in [1.54, 1.807) is 35.8 Å². The molecule has 0 bridgehead atoms. The van der Waals surface area contributed by atoms with Crippen LogP contribution in [0.25, 0.3) is 11.1 Å². The van der Waals surface area contributed by atoms with E-state index in [1.807, 2.05) is 34.1 Å². The van der Waals surface area contributed by atoms with E-state index in [0.717, 1.165) is 29.9 Å². The summed E-state index contributed by atoms with van der Waals surface area (Å²) in [7, 11) is -2.11. The van der Waals surface area contributed by atoms with Crippen molar-refractivity contribution in [2.75, 3.05) is 44.7 Å². The number of amides is 2. The van der Waals surface area contributed by atoms with Gasteiger partial charge in [0.2, 0.25) is 15.9 Å². The highest BCUT2D eigenvalue weighted by molar-refractivity contribution is 7.89. The Morgan fingerprint density at radius 1 is 1.06 bits per heavy atom. The zero-order valence-corrected chi connectivity index (χ0v) is 21.5. The number of sulfonamides is 1. The summed E-state index contributed by atoms with van der Waals surface area (Å²) < 4.78 is 26.3. The summed E-state index contributed by atoms with van der Waals surface area (Å²) >= 11 is 1.35. The minimum Gasteiger partial charge on any atom is -0.334 e. The second kappa shape index (κ2) is 10.1. The molecular formula is C25H27N5O4S2. The second-order valence-electron chi connectivity index (χ2n) is 8.81. The number of carbonyl (C=O) groups excluding carboxylic acids is 2. The summed E-state index contributed by atoms with van der Waals surface area (Å²) in [4.78, 5) is 35.8. The fourth-order valence-electron chi connectivity index (χ4n) is 4.74. The summed E-state index contributed by atoms with van der Waals surface area (Å²) in [5.41, 5.74) is 2.60. The highest BCUT2D eigenvalue weighted by atomic mass is 32.2. The van der Waals surface area contributed by atoms with E-state index in [4.69, 9.17) is 0 Å². The summed E-state index contributed by atoms with van der Waals surface area (Å²) in [6.07, 6.45) is 2.09. The maximum absolute atomic E-state index is 12.9. The van der Waals surface area contributed by atoms with Gasteiger partial charge < -0.3 is 9.80 Å². The van der Waals surface area contributed by atoms with Gasteiger partial charge in [0.05, 0.1) is 4.90 Å². The van der Waals surface area contributed by atoms with E-state index in [1.165, 1.54) is 18.4 Å². The lowest BCUT2D eigenvalue weighted by atomic mass is 10.0. The molecule has 1 aromatic heterocycles. The van der Waals surface area contributed by atoms with Gasteiger partial charge in [0.1, 0.15) is 0 Å². The first kappa shape index (κ1) is 24.6. The molecule has 5 rings (SSSR count). The fraction of sp³-hybridized carbons (Fsp3) is 0.320. The lowest BCUT2D eigenvalue weighted by Gasteiger charge is -2.37. The molecule has 9 nitrogen and oxygen atoms in total. The lowest BCUT2D eigenvalue weighted by Crippen LogP contribution is -2.52. The Hall–Kier alpha value is -3.12. The van der Waals surface area contributed by atoms with Gasteiger partial charge in [-0.2, -0.15) is 0 Å². The smallest absolute Gasteiger partial charge is 0.282 e. The van der Waals surface area contributed by atoms with E-state index in [0.29, 0.717) is 31.1 Å². The normalized spacial score (nSPS) is 19.1. The number of thiazole rings is 1. The first-order valence-corrected chi connectivity index (χ1v) is 14.1. The van der Waals surface area contributed by atoms with Crippen LogP contribution in [0, 0.1) is 0 Å². The Kier molecular flexibility index (Phi) is 6.89. The van der Waals surface area contributed by atoms with Crippen molar-refractivity contribution in [3.05, 3.63) is 65.1 Å². The Balaban J connectivity index is 1.24. The van der Waals surface area contributed by atoms with Crippen LogP contribution in [0.4, 0.5) is 5.69 Å². The number of nitrogens with zero attached hydrogens (tertiary/aromatic N) is 4. The molecule has 0 spiro atoms. The Morgan fingerprint density at radius 3 is 2.47 bits per heavy atom. The van der Waals surface area contributed by atoms with Crippen LogP contribution in [0.1, 0.15) is 16.2 Å².